The maximum absolute atomic E-state index is 13.6. The summed E-state index contributed by atoms with van der Waals surface area (Å²) in [6, 6.07) is 2.79. The number of hydrogen-bond acceptors (Lipinski definition) is 9. The van der Waals surface area contributed by atoms with Gasteiger partial charge in [-0.1, -0.05) is 30.3 Å². The van der Waals surface area contributed by atoms with Crippen LogP contribution in [0.4, 0.5) is 0 Å². The standard InChI is InChI=1S/C30H49N11O7/c1-17(42)23(26(45)39-21(16-18-8-3-2-4-9-18)27(46)41-15-7-12-22(41)28(47)48)40-25(44)20(11-6-14-37-30(34)35)38-24(43)19(31)10-5-13-36-29(32)33/h2-4,8-9,17,19-23,42H,5-7,10-16,31H2,1H3,(H,38,43)(H,39,45)(H,40,44)(H,47,48)(H4,32,33,36)(H4,34,35,37)/t17-,19+,20+,21+,22+,23+/m1/s1. The van der Waals surface area contributed by atoms with E-state index in [0.29, 0.717) is 18.4 Å². The normalized spacial score (nSPS) is 17.1. The van der Waals surface area contributed by atoms with Gasteiger partial charge < -0.3 is 59.7 Å². The predicted molar refractivity (Wildman–Crippen MR) is 178 cm³/mol. The zero-order chi connectivity index (χ0) is 35.8. The summed E-state index contributed by atoms with van der Waals surface area (Å²) in [5.41, 5.74) is 28.1. The number of carboxylic acid groups (broad SMARTS) is 1. The van der Waals surface area contributed by atoms with Gasteiger partial charge in [-0.25, -0.2) is 4.79 Å². The summed E-state index contributed by atoms with van der Waals surface area (Å²) < 4.78 is 0. The number of guanidine groups is 2. The van der Waals surface area contributed by atoms with Crippen LogP contribution in [0.2, 0.25) is 0 Å². The van der Waals surface area contributed by atoms with E-state index in [-0.39, 0.29) is 63.7 Å². The highest BCUT2D eigenvalue weighted by Gasteiger charge is 2.39. The van der Waals surface area contributed by atoms with E-state index in [4.69, 9.17) is 28.7 Å². The van der Waals surface area contributed by atoms with Crippen molar-refractivity contribution >= 4 is 41.5 Å². The van der Waals surface area contributed by atoms with Gasteiger partial charge in [-0.15, -0.1) is 0 Å². The molecule has 1 aliphatic heterocycles. The molecule has 1 fully saturated rings. The predicted octanol–water partition coefficient (Wildman–Crippen LogP) is -3.43. The van der Waals surface area contributed by atoms with Gasteiger partial charge in [0.25, 0.3) is 0 Å². The molecule has 18 nitrogen and oxygen atoms in total. The second-order valence-corrected chi connectivity index (χ2v) is 11.6. The average molecular weight is 676 g/mol. The average Bonchev–Trinajstić information content (AvgIpc) is 3.53. The largest absolute Gasteiger partial charge is 0.480 e. The molecule has 6 atom stereocenters. The van der Waals surface area contributed by atoms with Crippen molar-refractivity contribution in [2.24, 2.45) is 38.7 Å². The van der Waals surface area contributed by atoms with Gasteiger partial charge in [0.05, 0.1) is 12.1 Å². The minimum atomic E-state index is -1.55. The Bertz CT molecular complexity index is 1300. The number of aliphatic imine (C=N–C) groups is 2. The first-order valence-electron chi connectivity index (χ1n) is 15.7. The van der Waals surface area contributed by atoms with Crippen molar-refractivity contribution in [3.8, 4) is 0 Å². The molecule has 0 saturated carbocycles. The quantitative estimate of drug-likeness (QED) is 0.0389. The summed E-state index contributed by atoms with van der Waals surface area (Å²) in [5.74, 6) is -4.35. The van der Waals surface area contributed by atoms with Crippen molar-refractivity contribution in [1.29, 1.82) is 0 Å². The van der Waals surface area contributed by atoms with Crippen molar-refractivity contribution in [3.05, 3.63) is 35.9 Å². The van der Waals surface area contributed by atoms with E-state index in [1.165, 1.54) is 11.8 Å². The molecule has 4 amide bonds. The molecule has 2 rings (SSSR count). The number of aliphatic carboxylic acids is 1. The van der Waals surface area contributed by atoms with Gasteiger partial charge in [0, 0.05) is 26.1 Å². The van der Waals surface area contributed by atoms with Crippen LogP contribution in [0.1, 0.15) is 51.0 Å². The molecular weight excluding hydrogens is 626 g/mol. The second kappa shape index (κ2) is 19.6. The molecule has 1 aromatic rings. The molecule has 1 saturated heterocycles. The third-order valence-corrected chi connectivity index (χ3v) is 7.66. The first-order valence-corrected chi connectivity index (χ1v) is 15.7. The Morgan fingerprint density at radius 3 is 2.02 bits per heavy atom. The van der Waals surface area contributed by atoms with Crippen LogP contribution < -0.4 is 44.6 Å². The number of benzene rings is 1. The summed E-state index contributed by atoms with van der Waals surface area (Å²) in [6.45, 7) is 1.87. The fourth-order valence-electron chi connectivity index (χ4n) is 5.16. The summed E-state index contributed by atoms with van der Waals surface area (Å²) in [4.78, 5) is 74.3. The molecular formula is C30H49N11O7. The van der Waals surface area contributed by atoms with E-state index >= 15 is 0 Å². The molecule has 0 aromatic heterocycles. The van der Waals surface area contributed by atoms with E-state index in [0.717, 1.165) is 0 Å². The Kier molecular flexibility index (Phi) is 16.0. The lowest BCUT2D eigenvalue weighted by atomic mass is 10.0. The van der Waals surface area contributed by atoms with E-state index in [9.17, 15) is 34.2 Å². The smallest absolute Gasteiger partial charge is 0.326 e. The zero-order valence-electron chi connectivity index (χ0n) is 27.1. The summed E-state index contributed by atoms with van der Waals surface area (Å²) in [5, 5.41) is 27.9. The molecule has 266 valence electrons. The summed E-state index contributed by atoms with van der Waals surface area (Å²) in [6.07, 6.45) is 0.258. The number of nitrogens with zero attached hydrogens (tertiary/aromatic N) is 3. The van der Waals surface area contributed by atoms with Crippen LogP contribution in [-0.4, -0.2) is 113 Å². The number of carbonyl (C=O) groups is 5. The SMILES string of the molecule is C[C@@H](O)[C@H](NC(=O)[C@H](CCCN=C(N)N)NC(=O)[C@@H](N)CCCN=C(N)N)C(=O)N[C@@H](Cc1ccccc1)C(=O)N1CCC[C@H]1C(=O)O. The van der Waals surface area contributed by atoms with Gasteiger partial charge in [0.15, 0.2) is 11.9 Å². The van der Waals surface area contributed by atoms with Gasteiger partial charge in [-0.2, -0.15) is 0 Å². The molecule has 1 aliphatic rings. The number of nitrogens with one attached hydrogen (secondary N) is 3. The minimum Gasteiger partial charge on any atom is -0.480 e. The lowest BCUT2D eigenvalue weighted by molar-refractivity contribution is -0.149. The molecule has 18 heteroatoms. The van der Waals surface area contributed by atoms with E-state index in [2.05, 4.69) is 25.9 Å². The Morgan fingerprint density at radius 2 is 1.46 bits per heavy atom. The topological polar surface area (TPSA) is 320 Å². The Hall–Kier alpha value is -4.97. The number of carbonyl (C=O) groups excluding carboxylic acids is 4. The van der Waals surface area contributed by atoms with E-state index in [1.807, 2.05) is 0 Å². The first kappa shape index (κ1) is 39.2. The van der Waals surface area contributed by atoms with E-state index < -0.39 is 65.9 Å². The second-order valence-electron chi connectivity index (χ2n) is 11.6. The Morgan fingerprint density at radius 1 is 0.875 bits per heavy atom. The molecule has 0 radical (unpaired) electrons. The summed E-state index contributed by atoms with van der Waals surface area (Å²) >= 11 is 0. The molecule has 0 bridgehead atoms. The minimum absolute atomic E-state index is 0.0271. The van der Waals surface area contributed by atoms with Gasteiger partial charge in [-0.3, -0.25) is 29.2 Å². The Labute approximate surface area is 278 Å². The van der Waals surface area contributed by atoms with Crippen molar-refractivity contribution < 1.29 is 34.2 Å². The van der Waals surface area contributed by atoms with Crippen LogP contribution in [0.5, 0.6) is 0 Å². The lowest BCUT2D eigenvalue weighted by Crippen LogP contribution is -2.61. The number of carboxylic acids is 1. The molecule has 1 heterocycles. The third-order valence-electron chi connectivity index (χ3n) is 7.66. The monoisotopic (exact) mass is 675 g/mol. The molecule has 48 heavy (non-hydrogen) atoms. The molecule has 1 aromatic carbocycles. The number of likely N-dealkylation sites (tertiary alicyclic amines) is 1. The fourth-order valence-corrected chi connectivity index (χ4v) is 5.16. The van der Waals surface area contributed by atoms with Gasteiger partial charge in [-0.05, 0) is 51.0 Å². The zero-order valence-corrected chi connectivity index (χ0v) is 27.1. The number of amides is 4. The van der Waals surface area contributed by atoms with Crippen molar-refractivity contribution in [3.63, 3.8) is 0 Å². The van der Waals surface area contributed by atoms with Gasteiger partial charge in [0.2, 0.25) is 23.6 Å². The molecule has 0 spiro atoms. The van der Waals surface area contributed by atoms with Crippen LogP contribution in [0.15, 0.2) is 40.3 Å². The molecule has 15 N–H and O–H groups in total. The number of hydrogen-bond donors (Lipinski definition) is 10. The highest BCUT2D eigenvalue weighted by Crippen LogP contribution is 2.20. The number of nitrogens with two attached hydrogens (primary N) is 5. The first-order chi connectivity index (χ1) is 22.7. The van der Waals surface area contributed by atoms with Crippen LogP contribution in [0, 0.1) is 0 Å². The molecule has 0 unspecified atom stereocenters. The number of aliphatic hydroxyl groups is 1. The van der Waals surface area contributed by atoms with Gasteiger partial charge >= 0.3 is 5.97 Å². The van der Waals surface area contributed by atoms with Crippen LogP contribution >= 0.6 is 0 Å². The van der Waals surface area contributed by atoms with Gasteiger partial charge in [0.1, 0.15) is 24.2 Å². The number of aliphatic hydroxyl groups excluding tert-OH is 1. The van der Waals surface area contributed by atoms with Crippen LogP contribution in [0.3, 0.4) is 0 Å². The van der Waals surface area contributed by atoms with Crippen molar-refractivity contribution in [2.75, 3.05) is 19.6 Å². The highest BCUT2D eigenvalue weighted by molar-refractivity contribution is 5.96. The Balaban J connectivity index is 2.23. The maximum Gasteiger partial charge on any atom is 0.326 e. The van der Waals surface area contributed by atoms with E-state index in [1.54, 1.807) is 30.3 Å². The summed E-state index contributed by atoms with van der Waals surface area (Å²) in [7, 11) is 0. The van der Waals surface area contributed by atoms with Crippen LogP contribution in [0.25, 0.3) is 0 Å². The lowest BCUT2D eigenvalue weighted by Gasteiger charge is -2.30. The maximum atomic E-state index is 13.6. The highest BCUT2D eigenvalue weighted by atomic mass is 16.4. The van der Waals surface area contributed by atoms with Crippen molar-refractivity contribution in [1.82, 2.24) is 20.9 Å². The number of rotatable bonds is 19. The third kappa shape index (κ3) is 13.0. The van der Waals surface area contributed by atoms with Crippen molar-refractivity contribution in [2.45, 2.75) is 88.2 Å². The fraction of sp³-hybridized carbons (Fsp3) is 0.567. The molecule has 0 aliphatic carbocycles. The van der Waals surface area contributed by atoms with Crippen LogP contribution in [-0.2, 0) is 30.4 Å².